The first-order chi connectivity index (χ1) is 13.1. The van der Waals surface area contributed by atoms with Gasteiger partial charge in [-0.25, -0.2) is 0 Å². The largest absolute Gasteiger partial charge is 0.367 e. The number of rotatable bonds is 6. The molecule has 1 aromatic carbocycles. The number of anilines is 1. The predicted molar refractivity (Wildman–Crippen MR) is 132 cm³/mol. The van der Waals surface area contributed by atoms with E-state index in [-0.39, 0.29) is 24.0 Å². The average molecular weight is 519 g/mol. The molecule has 1 aliphatic carbocycles. The second kappa shape index (κ2) is 11.4. The number of fused-ring (bicyclic) bond motifs is 1. The van der Waals surface area contributed by atoms with Gasteiger partial charge in [-0.15, -0.1) is 24.0 Å². The van der Waals surface area contributed by atoms with Crippen molar-refractivity contribution < 1.29 is 4.21 Å². The summed E-state index contributed by atoms with van der Waals surface area (Å²) in [6.45, 7) is 6.13. The van der Waals surface area contributed by atoms with Crippen LogP contribution in [0.2, 0.25) is 0 Å². The fourth-order valence-electron chi connectivity index (χ4n) is 4.40. The summed E-state index contributed by atoms with van der Waals surface area (Å²) in [5.41, 5.74) is 2.82. The Kier molecular flexibility index (Phi) is 9.53. The molecule has 4 unspecified atom stereocenters. The summed E-state index contributed by atoms with van der Waals surface area (Å²) in [5, 5.41) is 7.37. The van der Waals surface area contributed by atoms with Gasteiger partial charge in [-0.1, -0.05) is 31.5 Å². The monoisotopic (exact) mass is 518 g/mol. The van der Waals surface area contributed by atoms with E-state index in [0.29, 0.717) is 17.3 Å². The van der Waals surface area contributed by atoms with Crippen LogP contribution < -0.4 is 15.5 Å². The Bertz CT molecular complexity index is 684. The third-order valence-electron chi connectivity index (χ3n) is 5.84. The molecule has 158 valence electrons. The van der Waals surface area contributed by atoms with E-state index in [1.165, 1.54) is 11.3 Å². The number of aliphatic imine (C=N–C) groups is 1. The summed E-state index contributed by atoms with van der Waals surface area (Å²) in [6, 6.07) is 9.63. The molecule has 0 spiro atoms. The summed E-state index contributed by atoms with van der Waals surface area (Å²) in [7, 11) is 1.14. The van der Waals surface area contributed by atoms with Crippen molar-refractivity contribution in [2.45, 2.75) is 63.3 Å². The van der Waals surface area contributed by atoms with Crippen molar-refractivity contribution >= 4 is 46.4 Å². The van der Waals surface area contributed by atoms with Gasteiger partial charge in [0.1, 0.15) is 0 Å². The van der Waals surface area contributed by atoms with Crippen LogP contribution in [0.15, 0.2) is 29.3 Å². The highest BCUT2D eigenvalue weighted by molar-refractivity contribution is 14.0. The van der Waals surface area contributed by atoms with Crippen molar-refractivity contribution in [2.24, 2.45) is 4.99 Å². The van der Waals surface area contributed by atoms with E-state index in [9.17, 15) is 4.21 Å². The fraction of sp³-hybridized carbons (Fsp3) is 0.667. The Labute approximate surface area is 189 Å². The van der Waals surface area contributed by atoms with E-state index >= 15 is 0 Å². The SMILES string of the molecule is CCS(=O)C1CCCC(NC(=NC)NCCN2c3ccccc3CC2C)C1.I. The minimum Gasteiger partial charge on any atom is -0.367 e. The molecule has 3 rings (SSSR count). The molecule has 2 N–H and O–H groups in total. The van der Waals surface area contributed by atoms with Gasteiger partial charge < -0.3 is 15.5 Å². The minimum atomic E-state index is -0.690. The van der Waals surface area contributed by atoms with E-state index in [0.717, 1.165) is 56.9 Å². The molecule has 1 aromatic rings. The van der Waals surface area contributed by atoms with E-state index in [2.05, 4.69) is 51.7 Å². The first-order valence-electron chi connectivity index (χ1n) is 10.3. The fourth-order valence-corrected chi connectivity index (χ4v) is 5.75. The van der Waals surface area contributed by atoms with Crippen LogP contribution in [0.3, 0.4) is 0 Å². The van der Waals surface area contributed by atoms with Gasteiger partial charge in [0.05, 0.1) is 0 Å². The van der Waals surface area contributed by atoms with Crippen LogP contribution in [-0.4, -0.2) is 53.4 Å². The molecule has 1 heterocycles. The maximum Gasteiger partial charge on any atom is 0.191 e. The van der Waals surface area contributed by atoms with Crippen molar-refractivity contribution in [2.75, 3.05) is 30.8 Å². The third kappa shape index (κ3) is 5.84. The molecule has 1 saturated carbocycles. The third-order valence-corrected chi connectivity index (χ3v) is 7.58. The summed E-state index contributed by atoms with van der Waals surface area (Å²) >= 11 is 0. The van der Waals surface area contributed by atoms with Crippen molar-refractivity contribution in [3.63, 3.8) is 0 Å². The van der Waals surface area contributed by atoms with Crippen molar-refractivity contribution in [1.29, 1.82) is 0 Å². The highest BCUT2D eigenvalue weighted by Gasteiger charge is 2.27. The molecule has 0 radical (unpaired) electrons. The number of hydrogen-bond acceptors (Lipinski definition) is 3. The van der Waals surface area contributed by atoms with Gasteiger partial charge >= 0.3 is 0 Å². The number of halogens is 1. The summed E-state index contributed by atoms with van der Waals surface area (Å²) < 4.78 is 12.2. The van der Waals surface area contributed by atoms with Gasteiger partial charge in [0.25, 0.3) is 0 Å². The Morgan fingerprint density at radius 1 is 1.32 bits per heavy atom. The van der Waals surface area contributed by atoms with Crippen LogP contribution in [0.5, 0.6) is 0 Å². The number of nitrogens with one attached hydrogen (secondary N) is 2. The maximum atomic E-state index is 12.2. The average Bonchev–Trinajstić information content (AvgIpc) is 3.02. The van der Waals surface area contributed by atoms with Crippen LogP contribution in [0.25, 0.3) is 0 Å². The standard InChI is InChI=1S/C21H34N4OS.HI/c1-4-27(26)19-10-7-9-18(15-19)24-21(22-3)23-12-13-25-16(2)14-17-8-5-6-11-20(17)25;/h5-6,8,11,16,18-19H,4,7,9-10,12-15H2,1-3H3,(H2,22,23,24);1H. The Balaban J connectivity index is 0.00000280. The molecule has 0 saturated heterocycles. The topological polar surface area (TPSA) is 56.7 Å². The highest BCUT2D eigenvalue weighted by atomic mass is 127. The Hall–Kier alpha value is -0.830. The second-order valence-electron chi connectivity index (χ2n) is 7.67. The van der Waals surface area contributed by atoms with E-state index in [4.69, 9.17) is 0 Å². The number of benzene rings is 1. The zero-order valence-corrected chi connectivity index (χ0v) is 20.5. The molecule has 28 heavy (non-hydrogen) atoms. The van der Waals surface area contributed by atoms with Gasteiger partial charge in [0.15, 0.2) is 5.96 Å². The summed E-state index contributed by atoms with van der Waals surface area (Å²) in [4.78, 5) is 6.88. The van der Waals surface area contributed by atoms with Gasteiger partial charge in [-0.05, 0) is 44.2 Å². The number of para-hydroxylation sites is 1. The molecule has 4 atom stereocenters. The van der Waals surface area contributed by atoms with Gasteiger partial charge in [0.2, 0.25) is 0 Å². The zero-order chi connectivity index (χ0) is 19.2. The van der Waals surface area contributed by atoms with Gasteiger partial charge in [-0.2, -0.15) is 0 Å². The predicted octanol–water partition coefficient (Wildman–Crippen LogP) is 3.30. The quantitative estimate of drug-likeness (QED) is 0.345. The Morgan fingerprint density at radius 3 is 2.86 bits per heavy atom. The molecule has 1 aliphatic heterocycles. The smallest absolute Gasteiger partial charge is 0.191 e. The minimum absolute atomic E-state index is 0. The molecule has 5 nitrogen and oxygen atoms in total. The molecular weight excluding hydrogens is 483 g/mol. The number of nitrogens with zero attached hydrogens (tertiary/aromatic N) is 2. The lowest BCUT2D eigenvalue weighted by Crippen LogP contribution is -2.48. The molecule has 1 fully saturated rings. The maximum absolute atomic E-state index is 12.2. The summed E-state index contributed by atoms with van der Waals surface area (Å²) in [6.07, 6.45) is 5.48. The van der Waals surface area contributed by atoms with Crippen LogP contribution in [0.1, 0.15) is 45.1 Å². The lowest BCUT2D eigenvalue weighted by Gasteiger charge is -2.30. The van der Waals surface area contributed by atoms with Crippen molar-refractivity contribution in [3.8, 4) is 0 Å². The molecule has 7 heteroatoms. The van der Waals surface area contributed by atoms with Crippen LogP contribution in [0.4, 0.5) is 5.69 Å². The summed E-state index contributed by atoms with van der Waals surface area (Å²) in [5.74, 6) is 1.63. The highest BCUT2D eigenvalue weighted by Crippen LogP contribution is 2.31. The van der Waals surface area contributed by atoms with Crippen LogP contribution >= 0.6 is 24.0 Å². The van der Waals surface area contributed by atoms with E-state index in [1.54, 1.807) is 0 Å². The molecule has 0 bridgehead atoms. The molecular formula is C21H35IN4OS. The number of hydrogen-bond donors (Lipinski definition) is 2. The van der Waals surface area contributed by atoms with E-state index < -0.39 is 10.8 Å². The van der Waals surface area contributed by atoms with Crippen LogP contribution in [-0.2, 0) is 17.2 Å². The Morgan fingerprint density at radius 2 is 2.11 bits per heavy atom. The second-order valence-corrected chi connectivity index (χ2v) is 9.68. The van der Waals surface area contributed by atoms with Gasteiger partial charge in [0, 0.05) is 59.7 Å². The molecule has 0 amide bonds. The lowest BCUT2D eigenvalue weighted by atomic mass is 9.95. The van der Waals surface area contributed by atoms with Crippen molar-refractivity contribution in [1.82, 2.24) is 10.6 Å². The van der Waals surface area contributed by atoms with Crippen LogP contribution in [0, 0.1) is 0 Å². The molecule has 2 aliphatic rings. The van der Waals surface area contributed by atoms with Gasteiger partial charge in [-0.3, -0.25) is 9.20 Å². The molecule has 0 aromatic heterocycles. The number of guanidine groups is 1. The first-order valence-corrected chi connectivity index (χ1v) is 11.7. The van der Waals surface area contributed by atoms with E-state index in [1.807, 2.05) is 14.0 Å². The normalized spacial score (nSPS) is 25.6. The first kappa shape index (κ1) is 23.4. The zero-order valence-electron chi connectivity index (χ0n) is 17.3. The van der Waals surface area contributed by atoms with Crippen molar-refractivity contribution in [3.05, 3.63) is 29.8 Å². The lowest BCUT2D eigenvalue weighted by molar-refractivity contribution is 0.413.